The Morgan fingerprint density at radius 3 is 2.35 bits per heavy atom. The zero-order valence-corrected chi connectivity index (χ0v) is 12.9. The van der Waals surface area contributed by atoms with E-state index in [9.17, 15) is 0 Å². The summed E-state index contributed by atoms with van der Waals surface area (Å²) in [5.74, 6) is 0.547. The number of amidine groups is 1. The quantitative estimate of drug-likeness (QED) is 0.640. The van der Waals surface area contributed by atoms with Crippen molar-refractivity contribution in [2.45, 2.75) is 46.0 Å². The molecule has 0 aliphatic rings. The van der Waals surface area contributed by atoms with Crippen LogP contribution in [0.15, 0.2) is 24.3 Å². The van der Waals surface area contributed by atoms with Crippen LogP contribution >= 0.6 is 0 Å². The fourth-order valence-electron chi connectivity index (χ4n) is 2.21. The number of benzene rings is 1. The number of fused-ring (bicyclic) bond motifs is 1. The summed E-state index contributed by atoms with van der Waals surface area (Å²) >= 11 is 0. The molecule has 3 heteroatoms. The van der Waals surface area contributed by atoms with E-state index in [-0.39, 0.29) is 11.3 Å². The first-order valence-electron chi connectivity index (χ1n) is 6.99. The highest BCUT2D eigenvalue weighted by Crippen LogP contribution is 2.28. The van der Waals surface area contributed by atoms with Crippen LogP contribution in [0, 0.1) is 5.41 Å². The Kier molecular flexibility index (Phi) is 3.55. The van der Waals surface area contributed by atoms with Gasteiger partial charge in [0.15, 0.2) is 0 Å². The average Bonchev–Trinajstić information content (AvgIpc) is 2.35. The van der Waals surface area contributed by atoms with Crippen LogP contribution in [-0.2, 0) is 5.41 Å². The predicted octanol–water partition coefficient (Wildman–Crippen LogP) is 3.94. The van der Waals surface area contributed by atoms with Crippen LogP contribution in [0.1, 0.15) is 57.4 Å². The minimum absolute atomic E-state index is 0.0604. The van der Waals surface area contributed by atoms with Gasteiger partial charge in [0.05, 0.1) is 5.52 Å². The highest BCUT2D eigenvalue weighted by molar-refractivity contribution is 6.07. The smallest absolute Gasteiger partial charge is 0.123 e. The van der Waals surface area contributed by atoms with E-state index in [1.807, 2.05) is 12.1 Å². The van der Waals surface area contributed by atoms with E-state index in [2.05, 4.69) is 46.8 Å². The minimum Gasteiger partial charge on any atom is -0.384 e. The Bertz CT molecular complexity index is 664. The van der Waals surface area contributed by atoms with Gasteiger partial charge in [-0.3, -0.25) is 10.4 Å². The van der Waals surface area contributed by atoms with E-state index in [1.54, 1.807) is 0 Å². The van der Waals surface area contributed by atoms with Crippen molar-refractivity contribution in [3.63, 3.8) is 0 Å². The topological polar surface area (TPSA) is 62.8 Å². The normalized spacial score (nSPS) is 12.1. The maximum absolute atomic E-state index is 7.85. The van der Waals surface area contributed by atoms with Crippen molar-refractivity contribution in [1.29, 1.82) is 5.41 Å². The first-order chi connectivity index (χ1) is 9.20. The molecule has 0 aliphatic heterocycles. The number of hydrogen-bond donors (Lipinski definition) is 2. The summed E-state index contributed by atoms with van der Waals surface area (Å²) < 4.78 is 0. The number of hydrogen-bond acceptors (Lipinski definition) is 2. The molecule has 3 nitrogen and oxygen atoms in total. The average molecular weight is 269 g/mol. The van der Waals surface area contributed by atoms with Gasteiger partial charge in [0.1, 0.15) is 5.84 Å². The van der Waals surface area contributed by atoms with Crippen LogP contribution in [0.5, 0.6) is 0 Å². The number of aromatic nitrogens is 1. The second-order valence-electron chi connectivity index (χ2n) is 6.65. The maximum atomic E-state index is 7.85. The molecular weight excluding hydrogens is 246 g/mol. The Balaban J connectivity index is 2.78. The van der Waals surface area contributed by atoms with Crippen LogP contribution in [-0.4, -0.2) is 10.8 Å². The van der Waals surface area contributed by atoms with Gasteiger partial charge >= 0.3 is 0 Å². The zero-order chi connectivity index (χ0) is 15.1. The fourth-order valence-corrected chi connectivity index (χ4v) is 2.21. The molecule has 1 heterocycles. The first kappa shape index (κ1) is 14.5. The Morgan fingerprint density at radius 2 is 1.85 bits per heavy atom. The molecule has 1 aromatic carbocycles. The number of pyridine rings is 1. The van der Waals surface area contributed by atoms with E-state index in [0.717, 1.165) is 22.2 Å². The molecule has 2 aromatic rings. The summed E-state index contributed by atoms with van der Waals surface area (Å²) in [6.45, 7) is 10.7. The molecule has 0 saturated heterocycles. The molecule has 0 spiro atoms. The molecule has 20 heavy (non-hydrogen) atoms. The van der Waals surface area contributed by atoms with E-state index < -0.39 is 0 Å². The highest BCUT2D eigenvalue weighted by Gasteiger charge is 2.19. The van der Waals surface area contributed by atoms with Crippen molar-refractivity contribution in [2.24, 2.45) is 5.73 Å². The molecule has 0 amide bonds. The molecule has 0 saturated carbocycles. The van der Waals surface area contributed by atoms with E-state index in [0.29, 0.717) is 5.92 Å². The number of nitrogen functional groups attached to an aromatic ring is 1. The molecule has 0 unspecified atom stereocenters. The molecular formula is C17H23N3. The van der Waals surface area contributed by atoms with Crippen LogP contribution in [0.25, 0.3) is 10.9 Å². The molecule has 1 aromatic heterocycles. The molecule has 3 N–H and O–H groups in total. The Hall–Kier alpha value is -1.90. The third-order valence-corrected chi connectivity index (χ3v) is 3.56. The molecule has 106 valence electrons. The summed E-state index contributed by atoms with van der Waals surface area (Å²) in [5.41, 5.74) is 9.61. The second kappa shape index (κ2) is 4.89. The third-order valence-electron chi connectivity index (χ3n) is 3.56. The van der Waals surface area contributed by atoms with Crippen molar-refractivity contribution < 1.29 is 0 Å². The second-order valence-corrected chi connectivity index (χ2v) is 6.65. The van der Waals surface area contributed by atoms with Crippen LogP contribution in [0.4, 0.5) is 0 Å². The van der Waals surface area contributed by atoms with Crippen LogP contribution in [0.3, 0.4) is 0 Å². The van der Waals surface area contributed by atoms with Gasteiger partial charge in [-0.1, -0.05) is 40.7 Å². The summed E-state index contributed by atoms with van der Waals surface area (Å²) in [6.07, 6.45) is 0. The standard InChI is InChI=1S/C17H23N3/c1-10(2)11-6-7-14-12(8-11)13(16(18)19)9-15(20-14)17(3,4)5/h6-10H,1-5H3,(H3,18,19). The minimum atomic E-state index is -0.0604. The van der Waals surface area contributed by atoms with Crippen molar-refractivity contribution in [3.05, 3.63) is 41.1 Å². The van der Waals surface area contributed by atoms with Gasteiger partial charge in [0.2, 0.25) is 0 Å². The van der Waals surface area contributed by atoms with Gasteiger partial charge in [0.25, 0.3) is 0 Å². The van der Waals surface area contributed by atoms with Gasteiger partial charge in [-0.2, -0.15) is 0 Å². The summed E-state index contributed by atoms with van der Waals surface area (Å²) in [7, 11) is 0. The molecule has 0 radical (unpaired) electrons. The third kappa shape index (κ3) is 2.67. The number of nitrogens with one attached hydrogen (secondary N) is 1. The van der Waals surface area contributed by atoms with Crippen molar-refractivity contribution >= 4 is 16.7 Å². The highest BCUT2D eigenvalue weighted by atomic mass is 14.7. The number of rotatable bonds is 2. The number of nitrogens with zero attached hydrogens (tertiary/aromatic N) is 1. The maximum Gasteiger partial charge on any atom is 0.123 e. The lowest BCUT2D eigenvalue weighted by Crippen LogP contribution is -2.18. The molecule has 0 bridgehead atoms. The van der Waals surface area contributed by atoms with Gasteiger partial charge in [-0.25, -0.2) is 0 Å². The van der Waals surface area contributed by atoms with E-state index >= 15 is 0 Å². The lowest BCUT2D eigenvalue weighted by atomic mass is 9.89. The Labute approximate surface area is 120 Å². The van der Waals surface area contributed by atoms with E-state index in [4.69, 9.17) is 16.1 Å². The SMILES string of the molecule is CC(C)c1ccc2nc(C(C)(C)C)cc(C(=N)N)c2c1. The lowest BCUT2D eigenvalue weighted by Gasteiger charge is -2.20. The summed E-state index contributed by atoms with van der Waals surface area (Å²) in [5, 5.41) is 8.82. The lowest BCUT2D eigenvalue weighted by molar-refractivity contribution is 0.571. The van der Waals surface area contributed by atoms with Gasteiger partial charge in [0, 0.05) is 22.1 Å². The van der Waals surface area contributed by atoms with Crippen LogP contribution in [0.2, 0.25) is 0 Å². The molecule has 0 aliphatic carbocycles. The molecule has 0 fully saturated rings. The fraction of sp³-hybridized carbons (Fsp3) is 0.412. The van der Waals surface area contributed by atoms with Crippen molar-refractivity contribution in [2.75, 3.05) is 0 Å². The monoisotopic (exact) mass is 269 g/mol. The zero-order valence-electron chi connectivity index (χ0n) is 12.9. The molecule has 2 rings (SSSR count). The summed E-state index contributed by atoms with van der Waals surface area (Å²) in [6, 6.07) is 8.20. The van der Waals surface area contributed by atoms with E-state index in [1.165, 1.54) is 5.56 Å². The first-order valence-corrected chi connectivity index (χ1v) is 6.99. The van der Waals surface area contributed by atoms with Gasteiger partial charge < -0.3 is 5.73 Å². The van der Waals surface area contributed by atoms with Crippen molar-refractivity contribution in [3.8, 4) is 0 Å². The molecule has 0 atom stereocenters. The van der Waals surface area contributed by atoms with Crippen LogP contribution < -0.4 is 5.73 Å². The van der Waals surface area contributed by atoms with Gasteiger partial charge in [-0.15, -0.1) is 0 Å². The number of nitrogens with two attached hydrogens (primary N) is 1. The van der Waals surface area contributed by atoms with Crippen molar-refractivity contribution in [1.82, 2.24) is 4.98 Å². The van der Waals surface area contributed by atoms with Gasteiger partial charge in [-0.05, 0) is 29.7 Å². The summed E-state index contributed by atoms with van der Waals surface area (Å²) in [4.78, 5) is 4.74. The largest absolute Gasteiger partial charge is 0.384 e. The predicted molar refractivity (Wildman–Crippen MR) is 85.5 cm³/mol. The Morgan fingerprint density at radius 1 is 1.20 bits per heavy atom.